The monoisotopic (exact) mass is 259 g/mol. The van der Waals surface area contributed by atoms with E-state index in [4.69, 9.17) is 0 Å². The molecule has 0 aliphatic heterocycles. The van der Waals surface area contributed by atoms with E-state index in [2.05, 4.69) is 4.98 Å². The third-order valence-corrected chi connectivity index (χ3v) is 3.04. The van der Waals surface area contributed by atoms with Crippen molar-refractivity contribution in [3.8, 4) is 0 Å². The lowest BCUT2D eigenvalue weighted by atomic mass is 10.1. The highest BCUT2D eigenvalue weighted by molar-refractivity contribution is 7.09. The van der Waals surface area contributed by atoms with Gasteiger partial charge in [0.15, 0.2) is 17.5 Å². The Morgan fingerprint density at radius 2 is 1.88 bits per heavy atom. The maximum Gasteiger partial charge on any atom is 0.194 e. The molecule has 0 spiro atoms. The largest absolute Gasteiger partial charge is 0.388 e. The third-order valence-electron chi connectivity index (χ3n) is 2.24. The minimum atomic E-state index is -1.53. The van der Waals surface area contributed by atoms with E-state index in [0.29, 0.717) is 5.01 Å². The van der Waals surface area contributed by atoms with Crippen molar-refractivity contribution < 1.29 is 18.3 Å². The number of benzene rings is 1. The molecule has 2 rings (SSSR count). The molecule has 0 radical (unpaired) electrons. The first-order valence-electron chi connectivity index (χ1n) is 4.79. The predicted molar refractivity (Wildman–Crippen MR) is 57.1 cm³/mol. The van der Waals surface area contributed by atoms with Crippen LogP contribution in [0.1, 0.15) is 16.7 Å². The minimum Gasteiger partial charge on any atom is -0.388 e. The van der Waals surface area contributed by atoms with Gasteiger partial charge in [0.05, 0.1) is 11.1 Å². The highest BCUT2D eigenvalue weighted by Gasteiger charge is 2.16. The molecule has 6 heteroatoms. The van der Waals surface area contributed by atoms with Crippen LogP contribution < -0.4 is 0 Å². The Hall–Kier alpha value is -1.40. The van der Waals surface area contributed by atoms with Crippen LogP contribution in [0.25, 0.3) is 0 Å². The molecule has 0 aliphatic rings. The lowest BCUT2D eigenvalue weighted by molar-refractivity contribution is 0.177. The molecular weight excluding hydrogens is 251 g/mol. The third kappa shape index (κ3) is 2.65. The zero-order chi connectivity index (χ0) is 12.4. The van der Waals surface area contributed by atoms with E-state index in [0.717, 1.165) is 12.1 Å². The molecule has 0 amide bonds. The summed E-state index contributed by atoms with van der Waals surface area (Å²) < 4.78 is 38.6. The zero-order valence-electron chi connectivity index (χ0n) is 8.53. The Labute approximate surface area is 99.4 Å². The van der Waals surface area contributed by atoms with Crippen LogP contribution in [0.4, 0.5) is 13.2 Å². The second kappa shape index (κ2) is 4.85. The van der Waals surface area contributed by atoms with Gasteiger partial charge in [-0.1, -0.05) is 0 Å². The fraction of sp³-hybridized carbons (Fsp3) is 0.182. The number of thiazole rings is 1. The molecule has 0 fully saturated rings. The number of hydrogen-bond donors (Lipinski definition) is 1. The summed E-state index contributed by atoms with van der Waals surface area (Å²) in [6.45, 7) is 0. The summed E-state index contributed by atoms with van der Waals surface area (Å²) in [6, 6.07) is 1.58. The van der Waals surface area contributed by atoms with E-state index in [-0.39, 0.29) is 12.0 Å². The van der Waals surface area contributed by atoms with Gasteiger partial charge in [-0.2, -0.15) is 0 Å². The molecule has 1 atom stereocenters. The topological polar surface area (TPSA) is 33.1 Å². The second-order valence-corrected chi connectivity index (χ2v) is 4.42. The van der Waals surface area contributed by atoms with Crippen LogP contribution >= 0.6 is 11.3 Å². The summed E-state index contributed by atoms with van der Waals surface area (Å²) in [5.74, 6) is -4.15. The van der Waals surface area contributed by atoms with Crippen molar-refractivity contribution in [3.63, 3.8) is 0 Å². The van der Waals surface area contributed by atoms with Gasteiger partial charge in [-0.05, 0) is 17.7 Å². The standard InChI is InChI=1S/C11H8F3NOS/c12-7-3-6(4-8(13)11(7)14)9(16)5-10-15-1-2-17-10/h1-4,9,16H,5H2. The van der Waals surface area contributed by atoms with Gasteiger partial charge in [-0.25, -0.2) is 18.2 Å². The second-order valence-electron chi connectivity index (χ2n) is 3.44. The lowest BCUT2D eigenvalue weighted by Gasteiger charge is -2.10. The molecular formula is C11H8F3NOS. The highest BCUT2D eigenvalue weighted by atomic mass is 32.1. The first-order chi connectivity index (χ1) is 8.08. The van der Waals surface area contributed by atoms with E-state index in [1.165, 1.54) is 11.3 Å². The van der Waals surface area contributed by atoms with Crippen molar-refractivity contribution in [1.82, 2.24) is 4.98 Å². The summed E-state index contributed by atoms with van der Waals surface area (Å²) in [5.41, 5.74) is -0.00315. The first-order valence-corrected chi connectivity index (χ1v) is 5.66. The quantitative estimate of drug-likeness (QED) is 0.860. The molecule has 17 heavy (non-hydrogen) atoms. The summed E-state index contributed by atoms with van der Waals surface area (Å²) in [7, 11) is 0. The number of rotatable bonds is 3. The first kappa shape index (κ1) is 12.1. The number of nitrogens with zero attached hydrogens (tertiary/aromatic N) is 1. The highest BCUT2D eigenvalue weighted by Crippen LogP contribution is 2.23. The van der Waals surface area contributed by atoms with E-state index in [1.54, 1.807) is 11.6 Å². The fourth-order valence-corrected chi connectivity index (χ4v) is 2.06. The number of aromatic nitrogens is 1. The van der Waals surface area contributed by atoms with Crippen molar-refractivity contribution in [2.75, 3.05) is 0 Å². The van der Waals surface area contributed by atoms with Gasteiger partial charge in [0.25, 0.3) is 0 Å². The minimum absolute atomic E-state index is 0.00315. The van der Waals surface area contributed by atoms with Crippen LogP contribution in [0.15, 0.2) is 23.7 Å². The number of halogens is 3. The van der Waals surface area contributed by atoms with Gasteiger partial charge in [0.1, 0.15) is 0 Å². The maximum atomic E-state index is 12.9. The van der Waals surface area contributed by atoms with Gasteiger partial charge in [-0.3, -0.25) is 0 Å². The van der Waals surface area contributed by atoms with Crippen molar-refractivity contribution in [2.45, 2.75) is 12.5 Å². The fourth-order valence-electron chi connectivity index (χ4n) is 1.40. The molecule has 1 aromatic heterocycles. The Morgan fingerprint density at radius 1 is 1.24 bits per heavy atom. The van der Waals surface area contributed by atoms with E-state index < -0.39 is 23.6 Å². The van der Waals surface area contributed by atoms with Crippen molar-refractivity contribution in [1.29, 1.82) is 0 Å². The summed E-state index contributed by atoms with van der Waals surface area (Å²) in [4.78, 5) is 3.94. The molecule has 0 saturated carbocycles. The predicted octanol–water partition coefficient (Wildman–Crippen LogP) is 2.84. The molecule has 0 bridgehead atoms. The SMILES string of the molecule is OC(Cc1nccs1)c1cc(F)c(F)c(F)c1. The normalized spacial score (nSPS) is 12.7. The number of hydrogen-bond acceptors (Lipinski definition) is 3. The van der Waals surface area contributed by atoms with Gasteiger partial charge in [-0.15, -0.1) is 11.3 Å². The molecule has 1 heterocycles. The summed E-state index contributed by atoms with van der Waals surface area (Å²) in [6.07, 6.45) is 0.603. The van der Waals surface area contributed by atoms with Crippen molar-refractivity contribution in [3.05, 3.63) is 51.7 Å². The molecule has 0 aliphatic carbocycles. The summed E-state index contributed by atoms with van der Waals surface area (Å²) in [5, 5.41) is 12.1. The van der Waals surface area contributed by atoms with Crippen molar-refractivity contribution >= 4 is 11.3 Å². The van der Waals surface area contributed by atoms with Gasteiger partial charge >= 0.3 is 0 Å². The van der Waals surface area contributed by atoms with E-state index in [1.807, 2.05) is 0 Å². The van der Waals surface area contributed by atoms with Crippen LogP contribution in [0.3, 0.4) is 0 Å². The lowest BCUT2D eigenvalue weighted by Crippen LogP contribution is -2.04. The maximum absolute atomic E-state index is 12.9. The molecule has 2 nitrogen and oxygen atoms in total. The van der Waals surface area contributed by atoms with Crippen LogP contribution in [-0.2, 0) is 6.42 Å². The Balaban J connectivity index is 2.22. The number of aliphatic hydroxyl groups excluding tert-OH is 1. The molecule has 1 N–H and O–H groups in total. The van der Waals surface area contributed by atoms with E-state index in [9.17, 15) is 18.3 Å². The Morgan fingerprint density at radius 3 is 2.41 bits per heavy atom. The zero-order valence-corrected chi connectivity index (χ0v) is 9.35. The molecule has 1 aromatic carbocycles. The van der Waals surface area contributed by atoms with Gasteiger partial charge < -0.3 is 5.11 Å². The molecule has 0 saturated heterocycles. The molecule has 90 valence electrons. The summed E-state index contributed by atoms with van der Waals surface area (Å²) >= 11 is 1.32. The van der Waals surface area contributed by atoms with Gasteiger partial charge in [0, 0.05) is 18.0 Å². The van der Waals surface area contributed by atoms with Crippen LogP contribution in [0, 0.1) is 17.5 Å². The average Bonchev–Trinajstić information content (AvgIpc) is 2.77. The molecule has 2 aromatic rings. The smallest absolute Gasteiger partial charge is 0.194 e. The average molecular weight is 259 g/mol. The Bertz CT molecular complexity index is 492. The Kier molecular flexibility index (Phi) is 3.44. The van der Waals surface area contributed by atoms with E-state index >= 15 is 0 Å². The van der Waals surface area contributed by atoms with Crippen LogP contribution in [0.5, 0.6) is 0 Å². The van der Waals surface area contributed by atoms with Crippen molar-refractivity contribution in [2.24, 2.45) is 0 Å². The van der Waals surface area contributed by atoms with Crippen LogP contribution in [0.2, 0.25) is 0 Å². The van der Waals surface area contributed by atoms with Crippen LogP contribution in [-0.4, -0.2) is 10.1 Å². The molecule has 1 unspecified atom stereocenters. The number of aliphatic hydroxyl groups is 1. The van der Waals surface area contributed by atoms with Gasteiger partial charge in [0.2, 0.25) is 0 Å².